The number of thioether (sulfide) groups is 1. The smallest absolute Gasteiger partial charge is 0.324 e. The Morgan fingerprint density at radius 3 is 2.88 bits per heavy atom. The fraction of sp³-hybridized carbons (Fsp3) is 0.583. The molecule has 0 radical (unpaired) electrons. The van der Waals surface area contributed by atoms with E-state index in [-0.39, 0.29) is 18.1 Å². The molecule has 96 valence electrons. The Bertz CT molecular complexity index is 325. The van der Waals surface area contributed by atoms with Crippen LogP contribution in [0.2, 0.25) is 0 Å². The first-order chi connectivity index (χ1) is 8.13. The summed E-state index contributed by atoms with van der Waals surface area (Å²) in [5.41, 5.74) is 0. The van der Waals surface area contributed by atoms with Crippen LogP contribution >= 0.6 is 23.1 Å². The zero-order valence-electron chi connectivity index (χ0n) is 10.4. The zero-order chi connectivity index (χ0) is 12.7. The Morgan fingerprint density at radius 2 is 2.35 bits per heavy atom. The summed E-state index contributed by atoms with van der Waals surface area (Å²) in [6.07, 6.45) is 0. The molecule has 1 rings (SSSR count). The Labute approximate surface area is 111 Å². The number of ether oxygens (including phenoxy) is 1. The van der Waals surface area contributed by atoms with Crippen LogP contribution in [0.5, 0.6) is 0 Å². The van der Waals surface area contributed by atoms with Crippen LogP contribution in [0.1, 0.15) is 20.8 Å². The quantitative estimate of drug-likeness (QED) is 0.612. The van der Waals surface area contributed by atoms with Crippen molar-refractivity contribution in [3.05, 3.63) is 17.5 Å². The fourth-order valence-corrected chi connectivity index (χ4v) is 3.17. The van der Waals surface area contributed by atoms with Crippen molar-refractivity contribution in [1.29, 1.82) is 0 Å². The van der Waals surface area contributed by atoms with Gasteiger partial charge < -0.3 is 10.1 Å². The number of nitrogens with one attached hydrogen (secondary N) is 1. The highest BCUT2D eigenvalue weighted by Crippen LogP contribution is 2.24. The van der Waals surface area contributed by atoms with Gasteiger partial charge in [0.15, 0.2) is 0 Å². The first kappa shape index (κ1) is 14.5. The van der Waals surface area contributed by atoms with E-state index in [1.54, 1.807) is 23.1 Å². The lowest BCUT2D eigenvalue weighted by molar-refractivity contribution is -0.145. The fourth-order valence-electron chi connectivity index (χ4n) is 1.34. The number of carbonyl (C=O) groups is 1. The molecule has 1 aromatic heterocycles. The van der Waals surface area contributed by atoms with Crippen LogP contribution in [0.4, 0.5) is 0 Å². The predicted molar refractivity (Wildman–Crippen MR) is 73.7 cm³/mol. The van der Waals surface area contributed by atoms with Crippen molar-refractivity contribution in [2.75, 3.05) is 12.4 Å². The molecule has 0 saturated carbocycles. The van der Waals surface area contributed by atoms with E-state index < -0.39 is 0 Å². The highest BCUT2D eigenvalue weighted by atomic mass is 32.2. The van der Waals surface area contributed by atoms with E-state index in [0.717, 1.165) is 0 Å². The summed E-state index contributed by atoms with van der Waals surface area (Å²) in [5, 5.41) is 5.28. The van der Waals surface area contributed by atoms with Gasteiger partial charge in [-0.2, -0.15) is 0 Å². The minimum absolute atomic E-state index is 0.162. The van der Waals surface area contributed by atoms with Gasteiger partial charge in [0.2, 0.25) is 0 Å². The lowest BCUT2D eigenvalue weighted by Gasteiger charge is -2.18. The molecule has 17 heavy (non-hydrogen) atoms. The van der Waals surface area contributed by atoms with E-state index in [0.29, 0.717) is 12.4 Å². The number of carbonyl (C=O) groups excluding carboxylic acids is 1. The SMILES string of the molecule is CCOC(=O)C(CSc1cccs1)NC(C)C. The van der Waals surface area contributed by atoms with E-state index in [1.807, 2.05) is 32.2 Å². The van der Waals surface area contributed by atoms with E-state index in [4.69, 9.17) is 4.74 Å². The van der Waals surface area contributed by atoms with Crippen molar-refractivity contribution in [3.8, 4) is 0 Å². The van der Waals surface area contributed by atoms with Gasteiger partial charge in [0.25, 0.3) is 0 Å². The molecule has 0 aliphatic carbocycles. The molecule has 5 heteroatoms. The van der Waals surface area contributed by atoms with Crippen molar-refractivity contribution >= 4 is 29.1 Å². The molecule has 3 nitrogen and oxygen atoms in total. The van der Waals surface area contributed by atoms with Crippen LogP contribution in [-0.2, 0) is 9.53 Å². The minimum Gasteiger partial charge on any atom is -0.465 e. The van der Waals surface area contributed by atoms with E-state index in [9.17, 15) is 4.79 Å². The summed E-state index contributed by atoms with van der Waals surface area (Å²) >= 11 is 3.38. The standard InChI is InChI=1S/C12H19NO2S2/c1-4-15-12(14)10(13-9(2)3)8-17-11-6-5-7-16-11/h5-7,9-10,13H,4,8H2,1-3H3. The maximum atomic E-state index is 11.7. The van der Waals surface area contributed by atoms with Gasteiger partial charge in [-0.25, -0.2) is 0 Å². The largest absolute Gasteiger partial charge is 0.465 e. The average Bonchev–Trinajstić information content (AvgIpc) is 2.76. The van der Waals surface area contributed by atoms with Crippen LogP contribution in [0, 0.1) is 0 Å². The van der Waals surface area contributed by atoms with Gasteiger partial charge in [0, 0.05) is 11.8 Å². The Kier molecular flexibility index (Phi) is 6.62. The second-order valence-corrected chi connectivity index (χ2v) is 6.14. The molecule has 1 N–H and O–H groups in total. The van der Waals surface area contributed by atoms with Crippen molar-refractivity contribution in [2.24, 2.45) is 0 Å². The van der Waals surface area contributed by atoms with Crippen molar-refractivity contribution < 1.29 is 9.53 Å². The lowest BCUT2D eigenvalue weighted by Crippen LogP contribution is -2.43. The van der Waals surface area contributed by atoms with Gasteiger partial charge in [0.05, 0.1) is 10.8 Å². The van der Waals surface area contributed by atoms with Gasteiger partial charge in [-0.05, 0) is 18.4 Å². The van der Waals surface area contributed by atoms with Crippen molar-refractivity contribution in [2.45, 2.75) is 37.1 Å². The van der Waals surface area contributed by atoms with Gasteiger partial charge in [-0.1, -0.05) is 19.9 Å². The third kappa shape index (κ3) is 5.57. The predicted octanol–water partition coefficient (Wildman–Crippen LogP) is 2.77. The maximum absolute atomic E-state index is 11.7. The molecule has 0 fully saturated rings. The van der Waals surface area contributed by atoms with Crippen LogP contribution in [-0.4, -0.2) is 30.4 Å². The molecule has 1 heterocycles. The lowest BCUT2D eigenvalue weighted by atomic mass is 10.3. The minimum atomic E-state index is -0.234. The molecule has 1 aromatic rings. The molecule has 0 aromatic carbocycles. The van der Waals surface area contributed by atoms with Crippen LogP contribution in [0.15, 0.2) is 21.7 Å². The number of hydrogen-bond donors (Lipinski definition) is 1. The second-order valence-electron chi connectivity index (χ2n) is 3.87. The van der Waals surface area contributed by atoms with Crippen molar-refractivity contribution in [3.63, 3.8) is 0 Å². The molecule has 0 spiro atoms. The number of rotatable bonds is 7. The Morgan fingerprint density at radius 1 is 1.59 bits per heavy atom. The highest BCUT2D eigenvalue weighted by Gasteiger charge is 2.20. The molecule has 0 aliphatic rings. The van der Waals surface area contributed by atoms with E-state index >= 15 is 0 Å². The number of esters is 1. The molecule has 0 aliphatic heterocycles. The van der Waals surface area contributed by atoms with Crippen LogP contribution in [0.25, 0.3) is 0 Å². The third-order valence-corrected chi connectivity index (χ3v) is 4.22. The molecule has 1 unspecified atom stereocenters. The molecule has 1 atom stereocenters. The van der Waals surface area contributed by atoms with Gasteiger partial charge in [0.1, 0.15) is 6.04 Å². The normalized spacial score (nSPS) is 12.7. The second kappa shape index (κ2) is 7.74. The summed E-state index contributed by atoms with van der Waals surface area (Å²) < 4.78 is 6.29. The van der Waals surface area contributed by atoms with Crippen LogP contribution in [0.3, 0.4) is 0 Å². The first-order valence-corrected chi connectivity index (χ1v) is 7.59. The Balaban J connectivity index is 2.48. The zero-order valence-corrected chi connectivity index (χ0v) is 12.1. The first-order valence-electron chi connectivity index (χ1n) is 5.72. The molecule has 0 bridgehead atoms. The summed E-state index contributed by atoms with van der Waals surface area (Å²) in [4.78, 5) is 11.7. The van der Waals surface area contributed by atoms with Gasteiger partial charge >= 0.3 is 5.97 Å². The summed E-state index contributed by atoms with van der Waals surface area (Å²) in [6.45, 7) is 6.32. The highest BCUT2D eigenvalue weighted by molar-refractivity contribution is 8.01. The number of hydrogen-bond acceptors (Lipinski definition) is 5. The monoisotopic (exact) mass is 273 g/mol. The Hall–Kier alpha value is -0.520. The average molecular weight is 273 g/mol. The summed E-state index contributed by atoms with van der Waals surface area (Å²) in [6, 6.07) is 4.12. The van der Waals surface area contributed by atoms with Gasteiger partial charge in [-0.3, -0.25) is 4.79 Å². The topological polar surface area (TPSA) is 38.3 Å². The molecular weight excluding hydrogens is 254 g/mol. The summed E-state index contributed by atoms with van der Waals surface area (Å²) in [5.74, 6) is 0.544. The third-order valence-electron chi connectivity index (χ3n) is 1.99. The number of thiophene rings is 1. The summed E-state index contributed by atoms with van der Waals surface area (Å²) in [7, 11) is 0. The van der Waals surface area contributed by atoms with E-state index in [1.165, 1.54) is 4.21 Å². The molecular formula is C12H19NO2S2. The maximum Gasteiger partial charge on any atom is 0.324 e. The van der Waals surface area contributed by atoms with Gasteiger partial charge in [-0.15, -0.1) is 23.1 Å². The van der Waals surface area contributed by atoms with Crippen molar-refractivity contribution in [1.82, 2.24) is 5.32 Å². The van der Waals surface area contributed by atoms with E-state index in [2.05, 4.69) is 11.4 Å². The molecule has 0 amide bonds. The molecule has 0 saturated heterocycles. The van der Waals surface area contributed by atoms with Crippen LogP contribution < -0.4 is 5.32 Å².